The van der Waals surface area contributed by atoms with Crippen molar-refractivity contribution < 1.29 is 0 Å². The Balaban J connectivity index is 2.37. The van der Waals surface area contributed by atoms with Gasteiger partial charge in [-0.3, -0.25) is 0 Å². The van der Waals surface area contributed by atoms with E-state index >= 15 is 0 Å². The summed E-state index contributed by atoms with van der Waals surface area (Å²) in [5, 5.41) is 11.3. The summed E-state index contributed by atoms with van der Waals surface area (Å²) in [6.07, 6.45) is 0. The molecule has 0 aliphatic heterocycles. The molecule has 0 aliphatic carbocycles. The van der Waals surface area contributed by atoms with Crippen LogP contribution in [0.25, 0.3) is 20.2 Å². The molecule has 0 spiro atoms. The molecule has 1 nitrogen and oxygen atoms in total. The molecule has 0 aliphatic rings. The second-order valence-corrected chi connectivity index (χ2v) is 5.09. The van der Waals surface area contributed by atoms with Crippen LogP contribution in [0.4, 0.5) is 0 Å². The van der Waals surface area contributed by atoms with Gasteiger partial charge in [0.15, 0.2) is 0 Å². The zero-order valence-corrected chi connectivity index (χ0v) is 10.6. The summed E-state index contributed by atoms with van der Waals surface area (Å²) in [6.45, 7) is 1.84. The highest BCUT2D eigenvalue weighted by Crippen LogP contribution is 2.34. The molecule has 0 unspecified atom stereocenters. The molecule has 1 aromatic heterocycles. The number of nitriles is 1. The highest BCUT2D eigenvalue weighted by Gasteiger charge is 2.06. The molecule has 1 heterocycles. The Morgan fingerprint density at radius 3 is 2.56 bits per heavy atom. The minimum absolute atomic E-state index is 0.711. The Labute approximate surface area is 109 Å². The molecule has 0 fully saturated rings. The summed E-state index contributed by atoms with van der Waals surface area (Å²) in [4.78, 5) is 0. The van der Waals surface area contributed by atoms with Crippen molar-refractivity contribution in [3.8, 4) is 17.9 Å². The largest absolute Gasteiger partial charge is 0.192 e. The highest BCUT2D eigenvalue weighted by molar-refractivity contribution is 7.25. The Kier molecular flexibility index (Phi) is 2.52. The monoisotopic (exact) mass is 247 g/mol. The first-order chi connectivity index (χ1) is 8.81. The average Bonchev–Trinajstić information content (AvgIpc) is 2.76. The molecule has 18 heavy (non-hydrogen) atoms. The summed E-state index contributed by atoms with van der Waals surface area (Å²) in [7, 11) is 0. The van der Waals surface area contributed by atoms with Gasteiger partial charge in [-0.2, -0.15) is 5.26 Å². The normalized spacial score (nSPS) is 10.0. The van der Waals surface area contributed by atoms with Crippen LogP contribution in [-0.4, -0.2) is 0 Å². The fourth-order valence-electron chi connectivity index (χ4n) is 2.07. The van der Waals surface area contributed by atoms with Crippen molar-refractivity contribution in [1.82, 2.24) is 0 Å². The number of benzene rings is 2. The van der Waals surface area contributed by atoms with E-state index in [-0.39, 0.29) is 0 Å². The summed E-state index contributed by atoms with van der Waals surface area (Å²) in [5.74, 6) is 6.00. The first kappa shape index (κ1) is 10.8. The molecular formula is C16H9NS. The smallest absolute Gasteiger partial charge is 0.0992 e. The van der Waals surface area contributed by atoms with Crippen LogP contribution in [0.3, 0.4) is 0 Å². The van der Waals surface area contributed by atoms with Crippen LogP contribution < -0.4 is 0 Å². The van der Waals surface area contributed by atoms with E-state index < -0.39 is 0 Å². The molecule has 0 amide bonds. The van der Waals surface area contributed by atoms with Gasteiger partial charge in [-0.05, 0) is 37.3 Å². The molecule has 2 heteroatoms. The van der Waals surface area contributed by atoms with Crippen LogP contribution in [0, 0.1) is 23.2 Å². The maximum atomic E-state index is 8.92. The lowest BCUT2D eigenvalue weighted by molar-refractivity contribution is 1.50. The van der Waals surface area contributed by atoms with Gasteiger partial charge >= 0.3 is 0 Å². The van der Waals surface area contributed by atoms with Crippen LogP contribution in [0.5, 0.6) is 0 Å². The van der Waals surface area contributed by atoms with Gasteiger partial charge in [0, 0.05) is 25.7 Å². The minimum atomic E-state index is 0.711. The summed E-state index contributed by atoms with van der Waals surface area (Å²) >= 11 is 1.72. The topological polar surface area (TPSA) is 23.8 Å². The number of fused-ring (bicyclic) bond motifs is 3. The van der Waals surface area contributed by atoms with Gasteiger partial charge in [-0.15, -0.1) is 17.3 Å². The van der Waals surface area contributed by atoms with Gasteiger partial charge < -0.3 is 0 Å². The van der Waals surface area contributed by atoms with E-state index in [1.54, 1.807) is 11.3 Å². The molecule has 0 saturated carbocycles. The van der Waals surface area contributed by atoms with E-state index in [1.807, 2.05) is 31.2 Å². The lowest BCUT2D eigenvalue weighted by Crippen LogP contribution is -1.74. The van der Waals surface area contributed by atoms with E-state index in [0.717, 1.165) is 10.3 Å². The lowest BCUT2D eigenvalue weighted by atomic mass is 10.1. The maximum Gasteiger partial charge on any atom is 0.0992 e. The van der Waals surface area contributed by atoms with Crippen LogP contribution in [-0.2, 0) is 0 Å². The number of rotatable bonds is 0. The van der Waals surface area contributed by atoms with Crippen LogP contribution in [0.1, 0.15) is 18.1 Å². The summed E-state index contributed by atoms with van der Waals surface area (Å²) < 4.78 is 2.40. The fourth-order valence-corrected chi connectivity index (χ4v) is 3.19. The zero-order chi connectivity index (χ0) is 12.5. The van der Waals surface area contributed by atoms with Gasteiger partial charge in [0.1, 0.15) is 0 Å². The molecule has 0 bridgehead atoms. The number of thiophene rings is 1. The highest BCUT2D eigenvalue weighted by atomic mass is 32.1. The van der Waals surface area contributed by atoms with Crippen LogP contribution >= 0.6 is 11.3 Å². The third-order valence-electron chi connectivity index (χ3n) is 2.87. The molecule has 3 aromatic rings. The van der Waals surface area contributed by atoms with Crippen molar-refractivity contribution >= 4 is 31.5 Å². The van der Waals surface area contributed by atoms with E-state index in [0.29, 0.717) is 5.56 Å². The van der Waals surface area contributed by atoms with Crippen molar-refractivity contribution in [3.05, 3.63) is 47.5 Å². The molecule has 3 rings (SSSR count). The first-order valence-corrected chi connectivity index (χ1v) is 6.42. The maximum absolute atomic E-state index is 8.92. The predicted molar refractivity (Wildman–Crippen MR) is 76.6 cm³/mol. The van der Waals surface area contributed by atoms with E-state index in [2.05, 4.69) is 30.0 Å². The lowest BCUT2D eigenvalue weighted by Gasteiger charge is -1.93. The van der Waals surface area contributed by atoms with Gasteiger partial charge in [0.2, 0.25) is 0 Å². The SMILES string of the molecule is CC#Cc1ccc2sc3cc(C#N)ccc3c2c1. The second kappa shape index (κ2) is 4.18. The molecule has 0 radical (unpaired) electrons. The number of hydrogen-bond donors (Lipinski definition) is 0. The quantitative estimate of drug-likeness (QED) is 0.543. The van der Waals surface area contributed by atoms with Crippen molar-refractivity contribution in [3.63, 3.8) is 0 Å². The van der Waals surface area contributed by atoms with E-state index in [1.165, 1.54) is 15.5 Å². The molecule has 0 atom stereocenters. The minimum Gasteiger partial charge on any atom is -0.192 e. The van der Waals surface area contributed by atoms with Gasteiger partial charge in [-0.25, -0.2) is 0 Å². The molecule has 84 valence electrons. The van der Waals surface area contributed by atoms with Crippen molar-refractivity contribution in [1.29, 1.82) is 5.26 Å². The van der Waals surface area contributed by atoms with Crippen molar-refractivity contribution in [2.45, 2.75) is 6.92 Å². The molecule has 2 aromatic carbocycles. The molecule has 0 saturated heterocycles. The van der Waals surface area contributed by atoms with Crippen LogP contribution in [0.15, 0.2) is 36.4 Å². The van der Waals surface area contributed by atoms with E-state index in [4.69, 9.17) is 5.26 Å². The average molecular weight is 247 g/mol. The second-order valence-electron chi connectivity index (χ2n) is 4.01. The third-order valence-corrected chi connectivity index (χ3v) is 4.00. The van der Waals surface area contributed by atoms with Crippen molar-refractivity contribution in [2.75, 3.05) is 0 Å². The first-order valence-electron chi connectivity index (χ1n) is 5.61. The summed E-state index contributed by atoms with van der Waals surface area (Å²) in [5.41, 5.74) is 1.75. The van der Waals surface area contributed by atoms with Gasteiger partial charge in [0.25, 0.3) is 0 Å². The predicted octanol–water partition coefficient (Wildman–Crippen LogP) is 4.30. The molecule has 0 N–H and O–H groups in total. The van der Waals surface area contributed by atoms with Gasteiger partial charge in [-0.1, -0.05) is 12.0 Å². The Morgan fingerprint density at radius 1 is 0.944 bits per heavy atom. The number of nitrogens with zero attached hydrogens (tertiary/aromatic N) is 1. The fraction of sp³-hybridized carbons (Fsp3) is 0.0625. The Hall–Kier alpha value is -2.29. The molecular weight excluding hydrogens is 238 g/mol. The van der Waals surface area contributed by atoms with Crippen LogP contribution in [0.2, 0.25) is 0 Å². The zero-order valence-electron chi connectivity index (χ0n) is 9.82. The Morgan fingerprint density at radius 2 is 1.78 bits per heavy atom. The van der Waals surface area contributed by atoms with E-state index in [9.17, 15) is 0 Å². The third kappa shape index (κ3) is 1.64. The van der Waals surface area contributed by atoms with Gasteiger partial charge in [0.05, 0.1) is 11.6 Å². The summed E-state index contributed by atoms with van der Waals surface area (Å²) in [6, 6.07) is 14.3. The van der Waals surface area contributed by atoms with Crippen molar-refractivity contribution in [2.24, 2.45) is 0 Å². The standard InChI is InChI=1S/C16H9NS/c1-2-3-11-5-7-15-14(8-11)13-6-4-12(10-17)9-16(13)18-15/h4-9H,1H3. The Bertz CT molecular complexity index is 854. The number of hydrogen-bond acceptors (Lipinski definition) is 2.